The summed E-state index contributed by atoms with van der Waals surface area (Å²) in [6.07, 6.45) is 4.35. The van der Waals surface area contributed by atoms with Gasteiger partial charge in [-0.3, -0.25) is 19.6 Å². The molecule has 154 valence electrons. The van der Waals surface area contributed by atoms with E-state index in [9.17, 15) is 19.6 Å². The van der Waals surface area contributed by atoms with Crippen LogP contribution in [0.2, 0.25) is 0 Å². The van der Waals surface area contributed by atoms with Crippen molar-refractivity contribution >= 4 is 29.1 Å². The number of amides is 3. The van der Waals surface area contributed by atoms with Gasteiger partial charge in [0.25, 0.3) is 0 Å². The van der Waals surface area contributed by atoms with Gasteiger partial charge in [-0.2, -0.15) is 0 Å². The molecule has 0 radical (unpaired) electrons. The highest BCUT2D eigenvalue weighted by Crippen LogP contribution is 2.38. The number of anilines is 2. The Hall–Kier alpha value is -2.41. The topological polar surface area (TPSA) is 98.7 Å². The Balaban J connectivity index is 1.74. The van der Waals surface area contributed by atoms with Crippen LogP contribution in [-0.2, 0) is 19.8 Å². The second-order valence-electron chi connectivity index (χ2n) is 7.94. The quantitative estimate of drug-likeness (QED) is 0.340. The highest BCUT2D eigenvalue weighted by molar-refractivity contribution is 5.97. The molecule has 1 aliphatic rings. The molecule has 1 heterocycles. The van der Waals surface area contributed by atoms with Crippen molar-refractivity contribution in [3.63, 3.8) is 0 Å². The fourth-order valence-electron chi connectivity index (χ4n) is 3.43. The zero-order valence-corrected chi connectivity index (χ0v) is 17.0. The minimum Gasteiger partial charge on any atom is -0.326 e. The maximum atomic E-state index is 12.2. The number of carbonyl (C=O) groups excluding carboxylic acids is 3. The summed E-state index contributed by atoms with van der Waals surface area (Å²) >= 11 is 0. The summed E-state index contributed by atoms with van der Waals surface area (Å²) in [5.41, 5.74) is 2.30. The van der Waals surface area contributed by atoms with Crippen molar-refractivity contribution in [2.24, 2.45) is 0 Å². The Morgan fingerprint density at radius 1 is 1.18 bits per heavy atom. The van der Waals surface area contributed by atoms with Gasteiger partial charge < -0.3 is 10.6 Å². The molecule has 0 saturated carbocycles. The van der Waals surface area contributed by atoms with Crippen molar-refractivity contribution < 1.29 is 19.6 Å². The largest absolute Gasteiger partial charge is 0.326 e. The predicted molar refractivity (Wildman–Crippen MR) is 108 cm³/mol. The number of fused-ring (bicyclic) bond motifs is 1. The zero-order chi connectivity index (χ0) is 20.7. The van der Waals surface area contributed by atoms with Crippen LogP contribution < -0.4 is 10.6 Å². The predicted octanol–water partition coefficient (Wildman–Crippen LogP) is 3.82. The highest BCUT2D eigenvalue weighted by atomic mass is 16.5. The molecule has 28 heavy (non-hydrogen) atoms. The molecule has 3 amide bonds. The molecular weight excluding hydrogens is 358 g/mol. The van der Waals surface area contributed by atoms with Gasteiger partial charge in [0.05, 0.1) is 0 Å². The molecule has 7 nitrogen and oxygen atoms in total. The number of nitrogens with zero attached hydrogens (tertiary/aromatic N) is 1. The highest BCUT2D eigenvalue weighted by Gasteiger charge is 2.32. The van der Waals surface area contributed by atoms with Crippen molar-refractivity contribution in [2.75, 3.05) is 17.2 Å². The molecule has 0 aromatic heterocycles. The molecule has 0 fully saturated rings. The maximum absolute atomic E-state index is 12.2. The zero-order valence-electron chi connectivity index (χ0n) is 17.0. The van der Waals surface area contributed by atoms with Crippen LogP contribution in [0.15, 0.2) is 18.2 Å². The molecule has 1 aromatic carbocycles. The van der Waals surface area contributed by atoms with Gasteiger partial charge in [-0.1, -0.05) is 26.7 Å². The summed E-state index contributed by atoms with van der Waals surface area (Å²) in [6.45, 7) is 6.07. The molecule has 7 heteroatoms. The van der Waals surface area contributed by atoms with E-state index < -0.39 is 0 Å². The number of rotatable bonds is 9. The number of nitrogens with one attached hydrogen (secondary N) is 2. The van der Waals surface area contributed by atoms with Crippen molar-refractivity contribution in [2.45, 2.75) is 71.1 Å². The first-order valence-corrected chi connectivity index (χ1v) is 9.96. The molecule has 1 aliphatic heterocycles. The van der Waals surface area contributed by atoms with E-state index in [0.717, 1.165) is 41.3 Å². The van der Waals surface area contributed by atoms with E-state index in [-0.39, 0.29) is 23.1 Å². The second kappa shape index (κ2) is 9.68. The standard InChI is InChI=1S/C21H31N3O4/c1-4-24(28)20(27)10-8-6-5-7-9-18(25)22-15-11-12-17-16(13-15)21(2,3)14-19(26)23-17/h11-13,28H,4-10,14H2,1-3H3,(H,22,25)(H,23,26). The summed E-state index contributed by atoms with van der Waals surface area (Å²) in [7, 11) is 0. The number of hydrogen-bond acceptors (Lipinski definition) is 4. The van der Waals surface area contributed by atoms with Crippen LogP contribution in [0.5, 0.6) is 0 Å². The number of hydroxylamine groups is 2. The second-order valence-corrected chi connectivity index (χ2v) is 7.94. The molecule has 1 aromatic rings. The molecule has 0 spiro atoms. The third kappa shape index (κ3) is 6.05. The lowest BCUT2D eigenvalue weighted by Crippen LogP contribution is -2.32. The number of hydrogen-bond donors (Lipinski definition) is 3. The van der Waals surface area contributed by atoms with E-state index in [2.05, 4.69) is 10.6 Å². The molecule has 3 N–H and O–H groups in total. The van der Waals surface area contributed by atoms with Crippen LogP contribution in [0, 0.1) is 0 Å². The molecule has 0 unspecified atom stereocenters. The van der Waals surface area contributed by atoms with Crippen molar-refractivity contribution in [3.8, 4) is 0 Å². The van der Waals surface area contributed by atoms with Crippen molar-refractivity contribution in [1.29, 1.82) is 0 Å². The minimum absolute atomic E-state index is 0.0115. The van der Waals surface area contributed by atoms with Gasteiger partial charge in [-0.25, -0.2) is 5.06 Å². The Morgan fingerprint density at radius 3 is 2.54 bits per heavy atom. The minimum atomic E-state index is -0.266. The Labute approximate surface area is 166 Å². The summed E-state index contributed by atoms with van der Waals surface area (Å²) < 4.78 is 0. The molecule has 0 saturated heterocycles. The smallest absolute Gasteiger partial charge is 0.245 e. The fraction of sp³-hybridized carbons (Fsp3) is 0.571. The first-order chi connectivity index (χ1) is 13.2. The normalized spacial score (nSPS) is 14.8. The van der Waals surface area contributed by atoms with E-state index in [1.54, 1.807) is 13.0 Å². The Bertz CT molecular complexity index is 730. The van der Waals surface area contributed by atoms with E-state index in [0.29, 0.717) is 32.2 Å². The van der Waals surface area contributed by atoms with Crippen LogP contribution in [0.3, 0.4) is 0 Å². The average molecular weight is 389 g/mol. The van der Waals surface area contributed by atoms with Crippen LogP contribution >= 0.6 is 0 Å². The van der Waals surface area contributed by atoms with E-state index in [1.165, 1.54) is 0 Å². The first kappa shape index (κ1) is 21.9. The average Bonchev–Trinajstić information content (AvgIpc) is 2.63. The van der Waals surface area contributed by atoms with Crippen molar-refractivity contribution in [1.82, 2.24) is 5.06 Å². The Morgan fingerprint density at radius 2 is 1.86 bits per heavy atom. The lowest BCUT2D eigenvalue weighted by Gasteiger charge is -2.32. The van der Waals surface area contributed by atoms with Gasteiger partial charge in [-0.15, -0.1) is 0 Å². The van der Waals surface area contributed by atoms with Gasteiger partial charge in [-0.05, 0) is 43.5 Å². The van der Waals surface area contributed by atoms with Gasteiger partial charge in [0.1, 0.15) is 0 Å². The maximum Gasteiger partial charge on any atom is 0.245 e. The summed E-state index contributed by atoms with van der Waals surface area (Å²) in [6, 6.07) is 5.58. The van der Waals surface area contributed by atoms with Crippen LogP contribution in [0.1, 0.15) is 71.3 Å². The summed E-state index contributed by atoms with van der Waals surface area (Å²) in [4.78, 5) is 35.4. The van der Waals surface area contributed by atoms with Crippen LogP contribution in [0.25, 0.3) is 0 Å². The van der Waals surface area contributed by atoms with Gasteiger partial charge >= 0.3 is 0 Å². The monoisotopic (exact) mass is 389 g/mol. The number of benzene rings is 1. The SMILES string of the molecule is CCN(O)C(=O)CCCCCCC(=O)Nc1ccc2c(c1)C(C)(C)CC(=O)N2. The fourth-order valence-corrected chi connectivity index (χ4v) is 3.43. The molecule has 0 atom stereocenters. The Kier molecular flexibility index (Phi) is 7.57. The van der Waals surface area contributed by atoms with E-state index >= 15 is 0 Å². The molecular formula is C21H31N3O4. The molecule has 0 aliphatic carbocycles. The summed E-state index contributed by atoms with van der Waals surface area (Å²) in [5.74, 6) is -0.287. The third-order valence-corrected chi connectivity index (χ3v) is 5.04. The molecule has 0 bridgehead atoms. The van der Waals surface area contributed by atoms with Crippen LogP contribution in [-0.4, -0.2) is 34.5 Å². The number of carbonyl (C=O) groups is 3. The third-order valence-electron chi connectivity index (χ3n) is 5.04. The number of unbranched alkanes of at least 4 members (excludes halogenated alkanes) is 3. The van der Waals surface area contributed by atoms with Gasteiger partial charge in [0.2, 0.25) is 17.7 Å². The van der Waals surface area contributed by atoms with E-state index in [1.807, 2.05) is 26.0 Å². The lowest BCUT2D eigenvalue weighted by atomic mass is 9.78. The molecule has 2 rings (SSSR count). The first-order valence-electron chi connectivity index (χ1n) is 9.96. The van der Waals surface area contributed by atoms with Crippen molar-refractivity contribution in [3.05, 3.63) is 23.8 Å². The van der Waals surface area contributed by atoms with Gasteiger partial charge in [0.15, 0.2) is 0 Å². The lowest BCUT2D eigenvalue weighted by molar-refractivity contribution is -0.164. The van der Waals surface area contributed by atoms with E-state index in [4.69, 9.17) is 0 Å². The van der Waals surface area contributed by atoms with Crippen LogP contribution in [0.4, 0.5) is 11.4 Å². The summed E-state index contributed by atoms with van der Waals surface area (Å²) in [5, 5.41) is 15.8. The van der Waals surface area contributed by atoms with Gasteiger partial charge in [0, 0.05) is 42.6 Å².